The molecule has 2 aliphatic rings. The molecule has 4 N–H and O–H groups in total. The molecule has 2 saturated heterocycles. The molecule has 2 fully saturated rings. The number of fused-ring (bicyclic) bond motifs is 3. The van der Waals surface area contributed by atoms with Crippen LogP contribution in [-0.4, -0.2) is 66.0 Å². The number of H-pyrrole nitrogens is 2. The van der Waals surface area contributed by atoms with Crippen LogP contribution in [0.25, 0.3) is 55.1 Å². The molecule has 0 aliphatic carbocycles. The molecule has 10 heteroatoms. The van der Waals surface area contributed by atoms with E-state index in [1.54, 1.807) is 4.90 Å². The molecule has 4 heterocycles. The highest BCUT2D eigenvalue weighted by atomic mass is 16.6. The highest BCUT2D eigenvalue weighted by molar-refractivity contribution is 5.93. The van der Waals surface area contributed by atoms with Crippen LogP contribution in [0, 0.1) is 0 Å². The van der Waals surface area contributed by atoms with Crippen molar-refractivity contribution in [1.29, 1.82) is 0 Å². The van der Waals surface area contributed by atoms with Crippen molar-refractivity contribution in [1.82, 2.24) is 29.7 Å². The van der Waals surface area contributed by atoms with Crippen molar-refractivity contribution in [3.63, 3.8) is 0 Å². The number of nitrogens with zero attached hydrogens (tertiary/aromatic N) is 4. The summed E-state index contributed by atoms with van der Waals surface area (Å²) in [6, 6.07) is 25.4. The number of aromatic nitrogens is 4. The average molecular weight is 698 g/mol. The average Bonchev–Trinajstić information content (AvgIpc) is 3.90. The van der Waals surface area contributed by atoms with E-state index in [1.165, 1.54) is 0 Å². The van der Waals surface area contributed by atoms with Crippen LogP contribution in [0.3, 0.4) is 0 Å². The van der Waals surface area contributed by atoms with Crippen LogP contribution in [0.15, 0.2) is 72.8 Å². The molecule has 2 aliphatic heterocycles. The molecule has 52 heavy (non-hydrogen) atoms. The Morgan fingerprint density at radius 1 is 0.769 bits per heavy atom. The van der Waals surface area contributed by atoms with E-state index in [2.05, 4.69) is 96.3 Å². The fourth-order valence-corrected chi connectivity index (χ4v) is 8.29. The van der Waals surface area contributed by atoms with Gasteiger partial charge < -0.3 is 20.4 Å². The predicted molar refractivity (Wildman–Crippen MR) is 206 cm³/mol. The molecule has 0 radical (unpaired) electrons. The number of primary amides is 1. The van der Waals surface area contributed by atoms with E-state index in [1.807, 2.05) is 32.9 Å². The second-order valence-corrected chi connectivity index (χ2v) is 16.4. The summed E-state index contributed by atoms with van der Waals surface area (Å²) < 4.78 is 5.68. The van der Waals surface area contributed by atoms with Gasteiger partial charge >= 0.3 is 6.09 Å². The van der Waals surface area contributed by atoms with Crippen LogP contribution in [0.4, 0.5) is 4.79 Å². The summed E-state index contributed by atoms with van der Waals surface area (Å²) in [5, 5.41) is 2.28. The van der Waals surface area contributed by atoms with Crippen LogP contribution in [0.1, 0.15) is 84.9 Å². The molecule has 6 aromatic rings. The number of carbonyl (C=O) groups excluding carboxylic acids is 2. The monoisotopic (exact) mass is 697 g/mol. The van der Waals surface area contributed by atoms with Crippen molar-refractivity contribution in [2.45, 2.75) is 89.9 Å². The summed E-state index contributed by atoms with van der Waals surface area (Å²) in [6.07, 6.45) is 3.00. The standard InChI is InChI=1S/C42H47N7O3/c1-40(2,3)49-20-8-18-42(49,37(43)50)38-46-32-17-15-30(24-34(32)47-38)28-13-11-25-21-27(12-10-26(25)22-28)29-14-16-31-33(23-29)45-36(44-31)35-9-7-19-48(35)39(51)52-41(4,5)6/h10-17,21-24,35H,7-9,18-20H2,1-6H3,(H2,43,50)(H,44,45)(H,46,47). The second kappa shape index (κ2) is 12.2. The Kier molecular flexibility index (Phi) is 7.95. The van der Waals surface area contributed by atoms with E-state index < -0.39 is 11.1 Å². The molecule has 0 saturated carbocycles. The quantitative estimate of drug-likeness (QED) is 0.165. The number of imidazole rings is 2. The molecule has 10 nitrogen and oxygen atoms in total. The number of hydrogen-bond donors (Lipinski definition) is 3. The van der Waals surface area contributed by atoms with Crippen LogP contribution in [0.5, 0.6) is 0 Å². The molecule has 2 amide bonds. The Balaban J connectivity index is 1.05. The van der Waals surface area contributed by atoms with Gasteiger partial charge in [0, 0.05) is 18.6 Å². The molecule has 0 spiro atoms. The first-order valence-electron chi connectivity index (χ1n) is 18.3. The van der Waals surface area contributed by atoms with Gasteiger partial charge in [-0.3, -0.25) is 14.6 Å². The summed E-state index contributed by atoms with van der Waals surface area (Å²) in [7, 11) is 0. The summed E-state index contributed by atoms with van der Waals surface area (Å²) in [4.78, 5) is 46.8. The van der Waals surface area contributed by atoms with E-state index in [0.29, 0.717) is 18.8 Å². The van der Waals surface area contributed by atoms with Crippen LogP contribution >= 0.6 is 0 Å². The number of likely N-dealkylation sites (tertiary alicyclic amines) is 2. The van der Waals surface area contributed by atoms with Crippen LogP contribution < -0.4 is 5.73 Å². The molecule has 268 valence electrons. The summed E-state index contributed by atoms with van der Waals surface area (Å²) in [6.45, 7) is 13.5. The molecule has 4 aromatic carbocycles. The van der Waals surface area contributed by atoms with Gasteiger partial charge in [0.25, 0.3) is 0 Å². The van der Waals surface area contributed by atoms with Gasteiger partial charge in [-0.2, -0.15) is 0 Å². The third-order valence-electron chi connectivity index (χ3n) is 10.7. The van der Waals surface area contributed by atoms with E-state index in [9.17, 15) is 9.59 Å². The predicted octanol–water partition coefficient (Wildman–Crippen LogP) is 8.57. The first kappa shape index (κ1) is 33.9. The van der Waals surface area contributed by atoms with Crippen LogP contribution in [-0.2, 0) is 15.1 Å². The van der Waals surface area contributed by atoms with Gasteiger partial charge in [-0.25, -0.2) is 14.8 Å². The minimum absolute atomic E-state index is 0.130. The topological polar surface area (TPSA) is 133 Å². The lowest BCUT2D eigenvalue weighted by Gasteiger charge is -2.43. The molecule has 2 unspecified atom stereocenters. The van der Waals surface area contributed by atoms with Gasteiger partial charge in [-0.15, -0.1) is 0 Å². The van der Waals surface area contributed by atoms with E-state index in [4.69, 9.17) is 20.4 Å². The number of hydrogen-bond acceptors (Lipinski definition) is 6. The molecular weight excluding hydrogens is 651 g/mol. The Morgan fingerprint density at radius 3 is 1.94 bits per heavy atom. The minimum atomic E-state index is -0.957. The van der Waals surface area contributed by atoms with Crippen molar-refractivity contribution in [3.8, 4) is 22.3 Å². The largest absolute Gasteiger partial charge is 0.444 e. The number of nitrogens with one attached hydrogen (secondary N) is 2. The molecule has 0 bridgehead atoms. The summed E-state index contributed by atoms with van der Waals surface area (Å²) >= 11 is 0. The van der Waals surface area contributed by atoms with Gasteiger partial charge in [0.2, 0.25) is 5.91 Å². The Labute approximate surface area is 303 Å². The van der Waals surface area contributed by atoms with Crippen molar-refractivity contribution in [2.75, 3.05) is 13.1 Å². The van der Waals surface area contributed by atoms with Gasteiger partial charge in [0.1, 0.15) is 17.2 Å². The zero-order valence-corrected chi connectivity index (χ0v) is 30.8. The zero-order valence-electron chi connectivity index (χ0n) is 30.8. The maximum atomic E-state index is 13.1. The number of rotatable bonds is 5. The Bertz CT molecular complexity index is 2360. The molecule has 2 aromatic heterocycles. The Hall–Kier alpha value is -5.22. The minimum Gasteiger partial charge on any atom is -0.444 e. The maximum absolute atomic E-state index is 13.1. The zero-order chi connectivity index (χ0) is 36.6. The van der Waals surface area contributed by atoms with Crippen molar-refractivity contribution >= 4 is 44.8 Å². The fourth-order valence-electron chi connectivity index (χ4n) is 8.29. The lowest BCUT2D eigenvalue weighted by Crippen LogP contribution is -2.58. The molecular formula is C42H47N7O3. The second-order valence-electron chi connectivity index (χ2n) is 16.4. The van der Waals surface area contributed by atoms with Gasteiger partial charge in [0.05, 0.1) is 28.1 Å². The van der Waals surface area contributed by atoms with Gasteiger partial charge in [0.15, 0.2) is 5.54 Å². The number of ether oxygens (including phenoxy) is 1. The summed E-state index contributed by atoms with van der Waals surface area (Å²) in [5.74, 6) is 1.05. The summed E-state index contributed by atoms with van der Waals surface area (Å²) in [5.41, 5.74) is 12.2. The maximum Gasteiger partial charge on any atom is 0.410 e. The van der Waals surface area contributed by atoms with E-state index >= 15 is 0 Å². The van der Waals surface area contributed by atoms with Crippen molar-refractivity contribution in [2.24, 2.45) is 5.73 Å². The third kappa shape index (κ3) is 5.88. The number of aromatic amines is 2. The highest BCUT2D eigenvalue weighted by Gasteiger charge is 2.53. The number of nitrogens with two attached hydrogens (primary N) is 1. The van der Waals surface area contributed by atoms with Crippen molar-refractivity contribution < 1.29 is 14.3 Å². The normalized spacial score (nSPS) is 20.0. The number of amides is 2. The van der Waals surface area contributed by atoms with Gasteiger partial charge in [-0.05, 0) is 137 Å². The molecule has 8 rings (SSSR count). The lowest BCUT2D eigenvalue weighted by molar-refractivity contribution is -0.133. The number of carbonyl (C=O) groups is 2. The first-order chi connectivity index (χ1) is 24.7. The highest BCUT2D eigenvalue weighted by Crippen LogP contribution is 2.43. The van der Waals surface area contributed by atoms with Gasteiger partial charge in [-0.1, -0.05) is 36.4 Å². The third-order valence-corrected chi connectivity index (χ3v) is 10.7. The lowest BCUT2D eigenvalue weighted by atomic mass is 9.90. The number of benzene rings is 4. The van der Waals surface area contributed by atoms with Crippen LogP contribution in [0.2, 0.25) is 0 Å². The smallest absolute Gasteiger partial charge is 0.410 e. The van der Waals surface area contributed by atoms with E-state index in [-0.39, 0.29) is 23.6 Å². The fraction of sp³-hybridized carbons (Fsp3) is 0.381. The Morgan fingerprint density at radius 2 is 1.35 bits per heavy atom. The van der Waals surface area contributed by atoms with Crippen molar-refractivity contribution in [3.05, 3.63) is 84.4 Å². The first-order valence-corrected chi connectivity index (χ1v) is 18.3. The molecule has 2 atom stereocenters. The SMILES string of the molecule is CC(C)(C)OC(=O)N1CCCC1c1nc2ccc(-c3ccc4cc(-c5ccc6nc(C7(C(N)=O)CCCN7C(C)(C)C)[nH]c6c5)ccc4c3)cc2[nH]1. The van der Waals surface area contributed by atoms with E-state index in [0.717, 1.165) is 86.7 Å².